The van der Waals surface area contributed by atoms with E-state index in [2.05, 4.69) is 27.7 Å². The molecule has 0 aromatic rings. The highest BCUT2D eigenvalue weighted by atomic mass is 35.5. The third-order valence-electron chi connectivity index (χ3n) is 2.71. The second kappa shape index (κ2) is 6.77. The van der Waals surface area contributed by atoms with Gasteiger partial charge in [0.05, 0.1) is 0 Å². The summed E-state index contributed by atoms with van der Waals surface area (Å²) in [7, 11) is 0. The van der Waals surface area contributed by atoms with E-state index in [1.807, 2.05) is 0 Å². The molecule has 0 aromatic heterocycles. The molecule has 0 N–H and O–H groups in total. The molecule has 0 aliphatic heterocycles. The quantitative estimate of drug-likeness (QED) is 0.429. The number of hydrogen-bond donors (Lipinski definition) is 0. The van der Waals surface area contributed by atoms with Gasteiger partial charge in [-0.1, -0.05) is 47.0 Å². The molecule has 1 heteroatoms. The second-order valence-corrected chi connectivity index (χ2v) is 4.68. The van der Waals surface area contributed by atoms with Crippen molar-refractivity contribution in [1.82, 2.24) is 0 Å². The molecular formula is C11H23Cl. The van der Waals surface area contributed by atoms with Crippen LogP contribution in [0.3, 0.4) is 0 Å². The lowest BCUT2D eigenvalue weighted by Crippen LogP contribution is -2.17. The number of rotatable bonds is 6. The highest BCUT2D eigenvalue weighted by Gasteiger charge is 2.16. The van der Waals surface area contributed by atoms with E-state index in [0.717, 1.165) is 0 Å². The minimum atomic E-state index is 0.386. The van der Waals surface area contributed by atoms with E-state index in [1.54, 1.807) is 0 Å². The number of halogens is 1. The van der Waals surface area contributed by atoms with Crippen LogP contribution >= 0.6 is 11.6 Å². The molecule has 0 radical (unpaired) electrons. The van der Waals surface area contributed by atoms with Crippen LogP contribution in [0.1, 0.15) is 53.4 Å². The molecule has 0 heterocycles. The first-order valence-electron chi connectivity index (χ1n) is 5.23. The van der Waals surface area contributed by atoms with Gasteiger partial charge in [-0.05, 0) is 18.3 Å². The van der Waals surface area contributed by atoms with Gasteiger partial charge in [-0.15, -0.1) is 11.6 Å². The minimum absolute atomic E-state index is 0.386. The molecule has 0 fully saturated rings. The largest absolute Gasteiger partial charge is 0.123 e. The Morgan fingerprint density at radius 2 is 1.67 bits per heavy atom. The first kappa shape index (κ1) is 12.3. The van der Waals surface area contributed by atoms with E-state index in [0.29, 0.717) is 17.2 Å². The Morgan fingerprint density at radius 3 is 2.08 bits per heavy atom. The summed E-state index contributed by atoms with van der Waals surface area (Å²) in [5, 5.41) is 0.386. The molecule has 0 nitrogen and oxygen atoms in total. The molecule has 2 atom stereocenters. The zero-order chi connectivity index (χ0) is 9.56. The summed E-state index contributed by atoms with van der Waals surface area (Å²) >= 11 is 6.26. The molecule has 0 saturated heterocycles. The van der Waals surface area contributed by atoms with Crippen LogP contribution in [0, 0.1) is 11.8 Å². The first-order valence-corrected chi connectivity index (χ1v) is 5.67. The topological polar surface area (TPSA) is 0 Å². The summed E-state index contributed by atoms with van der Waals surface area (Å²) in [6, 6.07) is 0. The van der Waals surface area contributed by atoms with Gasteiger partial charge in [0.25, 0.3) is 0 Å². The second-order valence-electron chi connectivity index (χ2n) is 4.11. The van der Waals surface area contributed by atoms with Crippen molar-refractivity contribution in [3.05, 3.63) is 0 Å². The maximum atomic E-state index is 6.26. The standard InChI is InChI=1S/C11H23Cl/c1-5-6-7-8-11(12)10(4)9(2)3/h9-11H,5-8H2,1-4H3. The van der Waals surface area contributed by atoms with Crippen molar-refractivity contribution in [2.24, 2.45) is 11.8 Å². The van der Waals surface area contributed by atoms with Gasteiger partial charge >= 0.3 is 0 Å². The fourth-order valence-corrected chi connectivity index (χ4v) is 1.72. The molecule has 0 aliphatic carbocycles. The van der Waals surface area contributed by atoms with Crippen LogP contribution in [0.2, 0.25) is 0 Å². The number of hydrogen-bond acceptors (Lipinski definition) is 0. The van der Waals surface area contributed by atoms with Gasteiger partial charge in [0.15, 0.2) is 0 Å². The predicted octanol–water partition coefficient (Wildman–Crippen LogP) is 4.47. The van der Waals surface area contributed by atoms with E-state index in [9.17, 15) is 0 Å². The first-order chi connectivity index (χ1) is 5.59. The molecule has 0 spiro atoms. The highest BCUT2D eigenvalue weighted by molar-refractivity contribution is 6.20. The van der Waals surface area contributed by atoms with Gasteiger partial charge in [0, 0.05) is 5.38 Å². The molecule has 0 aromatic carbocycles. The van der Waals surface area contributed by atoms with E-state index < -0.39 is 0 Å². The zero-order valence-corrected chi connectivity index (χ0v) is 9.69. The van der Waals surface area contributed by atoms with Crippen molar-refractivity contribution in [1.29, 1.82) is 0 Å². The third kappa shape index (κ3) is 5.03. The number of alkyl halides is 1. The summed E-state index contributed by atoms with van der Waals surface area (Å²) in [4.78, 5) is 0. The normalized spacial score (nSPS) is 16.5. The van der Waals surface area contributed by atoms with Crippen LogP contribution in [-0.4, -0.2) is 5.38 Å². The molecule has 2 unspecified atom stereocenters. The van der Waals surface area contributed by atoms with E-state index in [-0.39, 0.29) is 0 Å². The SMILES string of the molecule is CCCCCC(Cl)C(C)C(C)C. The fourth-order valence-electron chi connectivity index (χ4n) is 1.27. The average molecular weight is 191 g/mol. The molecule has 0 rings (SSSR count). The van der Waals surface area contributed by atoms with Crippen molar-refractivity contribution in [3.63, 3.8) is 0 Å². The average Bonchev–Trinajstić information content (AvgIpc) is 2.03. The van der Waals surface area contributed by atoms with E-state index in [1.165, 1.54) is 25.7 Å². The van der Waals surface area contributed by atoms with Gasteiger partial charge in [0.2, 0.25) is 0 Å². The smallest absolute Gasteiger partial charge is 0.0364 e. The minimum Gasteiger partial charge on any atom is -0.123 e. The Hall–Kier alpha value is 0.290. The Morgan fingerprint density at radius 1 is 1.08 bits per heavy atom. The Kier molecular flexibility index (Phi) is 6.93. The number of unbranched alkanes of at least 4 members (excludes halogenated alkanes) is 2. The lowest BCUT2D eigenvalue weighted by atomic mass is 9.91. The molecule has 0 aliphatic rings. The van der Waals surface area contributed by atoms with Crippen molar-refractivity contribution in [3.8, 4) is 0 Å². The predicted molar refractivity (Wildman–Crippen MR) is 57.8 cm³/mol. The third-order valence-corrected chi connectivity index (χ3v) is 3.32. The van der Waals surface area contributed by atoms with Gasteiger partial charge in [-0.3, -0.25) is 0 Å². The summed E-state index contributed by atoms with van der Waals surface area (Å²) < 4.78 is 0. The van der Waals surface area contributed by atoms with Crippen LogP contribution in [0.15, 0.2) is 0 Å². The molecule has 0 bridgehead atoms. The molecule has 74 valence electrons. The summed E-state index contributed by atoms with van der Waals surface area (Å²) in [6.45, 7) is 8.99. The van der Waals surface area contributed by atoms with Crippen molar-refractivity contribution in [2.75, 3.05) is 0 Å². The van der Waals surface area contributed by atoms with Gasteiger partial charge < -0.3 is 0 Å². The van der Waals surface area contributed by atoms with Gasteiger partial charge in [0.1, 0.15) is 0 Å². The summed E-state index contributed by atoms with van der Waals surface area (Å²) in [6.07, 6.45) is 5.10. The Balaban J connectivity index is 3.49. The maximum absolute atomic E-state index is 6.26. The van der Waals surface area contributed by atoms with Crippen LogP contribution < -0.4 is 0 Å². The lowest BCUT2D eigenvalue weighted by Gasteiger charge is -2.21. The molecular weight excluding hydrogens is 168 g/mol. The van der Waals surface area contributed by atoms with Crippen molar-refractivity contribution in [2.45, 2.75) is 58.8 Å². The van der Waals surface area contributed by atoms with Crippen molar-refractivity contribution >= 4 is 11.6 Å². The lowest BCUT2D eigenvalue weighted by molar-refractivity contribution is 0.382. The Labute approximate surface area is 82.7 Å². The molecule has 0 saturated carbocycles. The summed E-state index contributed by atoms with van der Waals surface area (Å²) in [5.41, 5.74) is 0. The Bertz CT molecular complexity index is 99.2. The van der Waals surface area contributed by atoms with Gasteiger partial charge in [-0.25, -0.2) is 0 Å². The van der Waals surface area contributed by atoms with E-state index >= 15 is 0 Å². The fraction of sp³-hybridized carbons (Fsp3) is 1.00. The monoisotopic (exact) mass is 190 g/mol. The molecule has 12 heavy (non-hydrogen) atoms. The van der Waals surface area contributed by atoms with Crippen LogP contribution in [-0.2, 0) is 0 Å². The van der Waals surface area contributed by atoms with E-state index in [4.69, 9.17) is 11.6 Å². The van der Waals surface area contributed by atoms with Gasteiger partial charge in [-0.2, -0.15) is 0 Å². The van der Waals surface area contributed by atoms with Crippen LogP contribution in [0.25, 0.3) is 0 Å². The molecule has 0 amide bonds. The summed E-state index contributed by atoms with van der Waals surface area (Å²) in [5.74, 6) is 1.37. The zero-order valence-electron chi connectivity index (χ0n) is 8.94. The van der Waals surface area contributed by atoms with Crippen molar-refractivity contribution < 1.29 is 0 Å². The van der Waals surface area contributed by atoms with Crippen LogP contribution in [0.5, 0.6) is 0 Å². The highest BCUT2D eigenvalue weighted by Crippen LogP contribution is 2.23. The maximum Gasteiger partial charge on any atom is 0.0364 e. The van der Waals surface area contributed by atoms with Crippen LogP contribution in [0.4, 0.5) is 0 Å².